The maximum absolute atomic E-state index is 12.5. The number of carbonyl (C=O) groups is 1. The first-order valence-electron chi connectivity index (χ1n) is 6.60. The summed E-state index contributed by atoms with van der Waals surface area (Å²) in [6.45, 7) is 5.29. The molecule has 1 saturated heterocycles. The SMILES string of the molecule is Cc1ccc(C(=O)c2ccc(C3OCCO3)s2)cc1C. The molecule has 1 aliphatic heterocycles. The van der Waals surface area contributed by atoms with Gasteiger partial charge >= 0.3 is 0 Å². The van der Waals surface area contributed by atoms with Gasteiger partial charge in [0.15, 0.2) is 6.29 Å². The lowest BCUT2D eigenvalue weighted by Gasteiger charge is -2.05. The quantitative estimate of drug-likeness (QED) is 0.809. The molecule has 0 aliphatic carbocycles. The van der Waals surface area contributed by atoms with Crippen LogP contribution in [-0.2, 0) is 9.47 Å². The van der Waals surface area contributed by atoms with E-state index in [4.69, 9.17) is 9.47 Å². The van der Waals surface area contributed by atoms with Crippen molar-refractivity contribution in [2.45, 2.75) is 20.1 Å². The second kappa shape index (κ2) is 5.48. The van der Waals surface area contributed by atoms with Gasteiger partial charge in [0, 0.05) is 5.56 Å². The number of aryl methyl sites for hydroxylation is 2. The van der Waals surface area contributed by atoms with E-state index in [2.05, 4.69) is 0 Å². The van der Waals surface area contributed by atoms with E-state index in [0.717, 1.165) is 20.9 Å². The summed E-state index contributed by atoms with van der Waals surface area (Å²) >= 11 is 1.44. The van der Waals surface area contributed by atoms with Gasteiger partial charge in [-0.15, -0.1) is 11.3 Å². The van der Waals surface area contributed by atoms with Crippen LogP contribution in [0.3, 0.4) is 0 Å². The van der Waals surface area contributed by atoms with Crippen molar-refractivity contribution in [1.29, 1.82) is 0 Å². The van der Waals surface area contributed by atoms with Gasteiger partial charge < -0.3 is 9.47 Å². The number of benzene rings is 1. The minimum atomic E-state index is -0.304. The van der Waals surface area contributed by atoms with Crippen LogP contribution in [0, 0.1) is 13.8 Å². The van der Waals surface area contributed by atoms with Crippen LogP contribution in [0.2, 0.25) is 0 Å². The Kier molecular flexibility index (Phi) is 3.70. The lowest BCUT2D eigenvalue weighted by molar-refractivity contribution is -0.0413. The highest BCUT2D eigenvalue weighted by Gasteiger charge is 2.22. The number of thiophene rings is 1. The Bertz CT molecular complexity index is 639. The summed E-state index contributed by atoms with van der Waals surface area (Å²) in [7, 11) is 0. The van der Waals surface area contributed by atoms with Crippen molar-refractivity contribution in [2.24, 2.45) is 0 Å². The molecule has 0 atom stereocenters. The molecule has 2 aromatic rings. The van der Waals surface area contributed by atoms with Gasteiger partial charge in [-0.2, -0.15) is 0 Å². The Morgan fingerprint density at radius 3 is 2.55 bits per heavy atom. The summed E-state index contributed by atoms with van der Waals surface area (Å²) in [6.07, 6.45) is -0.304. The maximum atomic E-state index is 12.5. The average Bonchev–Trinajstić information content (AvgIpc) is 3.11. The van der Waals surface area contributed by atoms with Gasteiger partial charge in [0.25, 0.3) is 0 Å². The van der Waals surface area contributed by atoms with Gasteiger partial charge in [0.2, 0.25) is 5.78 Å². The molecular weight excluding hydrogens is 272 g/mol. The fraction of sp³-hybridized carbons (Fsp3) is 0.312. The number of ether oxygens (including phenoxy) is 2. The lowest BCUT2D eigenvalue weighted by atomic mass is 10.0. The number of hydrogen-bond acceptors (Lipinski definition) is 4. The van der Waals surface area contributed by atoms with Gasteiger partial charge in [0.1, 0.15) is 0 Å². The third-order valence-corrected chi connectivity index (χ3v) is 4.58. The highest BCUT2D eigenvalue weighted by atomic mass is 32.1. The van der Waals surface area contributed by atoms with E-state index in [-0.39, 0.29) is 12.1 Å². The summed E-state index contributed by atoms with van der Waals surface area (Å²) < 4.78 is 10.9. The van der Waals surface area contributed by atoms with Gasteiger partial charge in [-0.25, -0.2) is 0 Å². The van der Waals surface area contributed by atoms with E-state index in [1.54, 1.807) is 0 Å². The van der Waals surface area contributed by atoms with Crippen LogP contribution in [0.25, 0.3) is 0 Å². The third kappa shape index (κ3) is 2.54. The molecule has 0 N–H and O–H groups in total. The normalized spacial score (nSPS) is 15.7. The van der Waals surface area contributed by atoms with Crippen LogP contribution < -0.4 is 0 Å². The number of rotatable bonds is 3. The number of carbonyl (C=O) groups excluding carboxylic acids is 1. The Morgan fingerprint density at radius 1 is 1.10 bits per heavy atom. The number of hydrogen-bond donors (Lipinski definition) is 0. The molecule has 104 valence electrons. The topological polar surface area (TPSA) is 35.5 Å². The highest BCUT2D eigenvalue weighted by molar-refractivity contribution is 7.14. The van der Waals surface area contributed by atoms with E-state index >= 15 is 0 Å². The van der Waals surface area contributed by atoms with Crippen LogP contribution in [0.4, 0.5) is 0 Å². The minimum absolute atomic E-state index is 0.0577. The summed E-state index contributed by atoms with van der Waals surface area (Å²) in [5.41, 5.74) is 3.06. The van der Waals surface area contributed by atoms with E-state index in [9.17, 15) is 4.79 Å². The first kappa shape index (κ1) is 13.5. The number of ketones is 1. The van der Waals surface area contributed by atoms with E-state index in [0.29, 0.717) is 13.2 Å². The van der Waals surface area contributed by atoms with Crippen LogP contribution in [-0.4, -0.2) is 19.0 Å². The van der Waals surface area contributed by atoms with Crippen molar-refractivity contribution < 1.29 is 14.3 Å². The van der Waals surface area contributed by atoms with Gasteiger partial charge in [0.05, 0.1) is 23.0 Å². The first-order chi connectivity index (χ1) is 9.65. The fourth-order valence-corrected chi connectivity index (χ4v) is 3.12. The van der Waals surface area contributed by atoms with Gasteiger partial charge in [-0.3, -0.25) is 4.79 Å². The average molecular weight is 288 g/mol. The fourth-order valence-electron chi connectivity index (χ4n) is 2.15. The lowest BCUT2D eigenvalue weighted by Crippen LogP contribution is -1.99. The van der Waals surface area contributed by atoms with Crippen molar-refractivity contribution >= 4 is 17.1 Å². The standard InChI is InChI=1S/C16H16O3S/c1-10-3-4-12(9-11(10)2)15(17)13-5-6-14(20-13)16-18-7-8-19-16/h3-6,9,16H,7-8H2,1-2H3. The van der Waals surface area contributed by atoms with Crippen molar-refractivity contribution in [3.8, 4) is 0 Å². The zero-order chi connectivity index (χ0) is 14.1. The second-order valence-corrected chi connectivity index (χ2v) is 6.02. The molecule has 1 aliphatic rings. The molecule has 0 spiro atoms. The summed E-state index contributed by atoms with van der Waals surface area (Å²) in [5, 5.41) is 0. The maximum Gasteiger partial charge on any atom is 0.202 e. The van der Waals surface area contributed by atoms with Crippen molar-refractivity contribution in [1.82, 2.24) is 0 Å². The van der Waals surface area contributed by atoms with Crippen LogP contribution in [0.15, 0.2) is 30.3 Å². The smallest absolute Gasteiger partial charge is 0.202 e. The molecule has 4 heteroatoms. The Balaban J connectivity index is 1.84. The molecule has 0 radical (unpaired) electrons. The Labute approximate surface area is 122 Å². The van der Waals surface area contributed by atoms with Crippen molar-refractivity contribution in [3.63, 3.8) is 0 Å². The summed E-state index contributed by atoms with van der Waals surface area (Å²) in [6, 6.07) is 9.57. The predicted octanol–water partition coefficient (Wildman–Crippen LogP) is 3.64. The minimum Gasteiger partial charge on any atom is -0.345 e. The molecule has 2 heterocycles. The molecule has 1 aromatic carbocycles. The van der Waals surface area contributed by atoms with E-state index < -0.39 is 0 Å². The third-order valence-electron chi connectivity index (χ3n) is 3.47. The molecule has 1 fully saturated rings. The Morgan fingerprint density at radius 2 is 1.85 bits per heavy atom. The molecule has 20 heavy (non-hydrogen) atoms. The zero-order valence-corrected chi connectivity index (χ0v) is 12.3. The summed E-state index contributed by atoms with van der Waals surface area (Å²) in [4.78, 5) is 14.1. The highest BCUT2D eigenvalue weighted by Crippen LogP contribution is 2.30. The van der Waals surface area contributed by atoms with E-state index in [1.165, 1.54) is 16.9 Å². The molecule has 0 bridgehead atoms. The second-order valence-electron chi connectivity index (χ2n) is 4.90. The predicted molar refractivity (Wildman–Crippen MR) is 78.3 cm³/mol. The van der Waals surface area contributed by atoms with Crippen LogP contribution in [0.5, 0.6) is 0 Å². The van der Waals surface area contributed by atoms with Crippen LogP contribution >= 0.6 is 11.3 Å². The van der Waals surface area contributed by atoms with Crippen molar-refractivity contribution in [2.75, 3.05) is 13.2 Å². The zero-order valence-electron chi connectivity index (χ0n) is 11.5. The molecule has 3 nitrogen and oxygen atoms in total. The molecule has 0 unspecified atom stereocenters. The first-order valence-corrected chi connectivity index (χ1v) is 7.42. The molecule has 0 amide bonds. The molecule has 3 rings (SSSR count). The molecular formula is C16H16O3S. The molecule has 1 aromatic heterocycles. The monoisotopic (exact) mass is 288 g/mol. The van der Waals surface area contributed by atoms with Crippen LogP contribution in [0.1, 0.15) is 37.5 Å². The summed E-state index contributed by atoms with van der Waals surface area (Å²) in [5.74, 6) is 0.0577. The van der Waals surface area contributed by atoms with Gasteiger partial charge in [-0.05, 0) is 43.2 Å². The van der Waals surface area contributed by atoms with Gasteiger partial charge in [-0.1, -0.05) is 12.1 Å². The van der Waals surface area contributed by atoms with Crippen molar-refractivity contribution in [3.05, 3.63) is 56.8 Å². The molecule has 0 saturated carbocycles. The van der Waals surface area contributed by atoms with E-state index in [1.807, 2.05) is 44.2 Å². The Hall–Kier alpha value is -1.49. The largest absolute Gasteiger partial charge is 0.345 e.